The highest BCUT2D eigenvalue weighted by Gasteiger charge is 2.53. The van der Waals surface area contributed by atoms with E-state index in [0.717, 1.165) is 0 Å². The summed E-state index contributed by atoms with van der Waals surface area (Å²) < 4.78 is 0. The number of allylic oxidation sites excluding steroid dienone is 2. The molecule has 0 fully saturated rings. The van der Waals surface area contributed by atoms with Crippen molar-refractivity contribution in [3.05, 3.63) is 47.9 Å². The van der Waals surface area contributed by atoms with Crippen molar-refractivity contribution in [1.29, 1.82) is 0 Å². The minimum Gasteiger partial charge on any atom is -0.399 e. The van der Waals surface area contributed by atoms with Crippen molar-refractivity contribution < 1.29 is 10.2 Å². The minimum absolute atomic E-state index is 0.285. The number of aliphatic hydroxyl groups is 2. The van der Waals surface area contributed by atoms with E-state index in [4.69, 9.17) is 11.5 Å². The molecule has 6 N–H and O–H groups in total. The summed E-state index contributed by atoms with van der Waals surface area (Å²) in [7, 11) is 0. The van der Waals surface area contributed by atoms with Gasteiger partial charge >= 0.3 is 0 Å². The fraction of sp³-hybridized carbons (Fsp3) is 0.429. The largest absolute Gasteiger partial charge is 0.399 e. The van der Waals surface area contributed by atoms with E-state index in [0.29, 0.717) is 11.4 Å². The molecule has 2 rings (SSSR count). The fourth-order valence-electron chi connectivity index (χ4n) is 2.69. The first kappa shape index (κ1) is 12.9. The van der Waals surface area contributed by atoms with E-state index in [1.807, 2.05) is 13.8 Å². The van der Waals surface area contributed by atoms with Crippen LogP contribution in [-0.4, -0.2) is 21.4 Å². The van der Waals surface area contributed by atoms with Gasteiger partial charge in [-0.1, -0.05) is 26.0 Å². The van der Waals surface area contributed by atoms with Crippen LogP contribution in [0.3, 0.4) is 0 Å². The van der Waals surface area contributed by atoms with E-state index in [2.05, 4.69) is 0 Å². The summed E-state index contributed by atoms with van der Waals surface area (Å²) in [5.74, 6) is -0.570. The van der Waals surface area contributed by atoms with Crippen molar-refractivity contribution >= 4 is 0 Å². The zero-order valence-electron chi connectivity index (χ0n) is 10.7. The molecular weight excluding hydrogens is 228 g/mol. The summed E-state index contributed by atoms with van der Waals surface area (Å²) in [6.45, 7) is 3.66. The highest BCUT2D eigenvalue weighted by molar-refractivity contribution is 5.39. The summed E-state index contributed by atoms with van der Waals surface area (Å²) in [4.78, 5) is 0. The van der Waals surface area contributed by atoms with Crippen molar-refractivity contribution in [3.63, 3.8) is 0 Å². The SMILES string of the molecule is CC1C=C(N)C=CC1(O)C1(O)C=CC(N)=CC1C. The molecule has 0 amide bonds. The third-order valence-corrected chi connectivity index (χ3v) is 3.97. The summed E-state index contributed by atoms with van der Waals surface area (Å²) in [6, 6.07) is 0. The van der Waals surface area contributed by atoms with Crippen LogP contribution in [0.4, 0.5) is 0 Å². The molecule has 0 bridgehead atoms. The Balaban J connectivity index is 2.43. The summed E-state index contributed by atoms with van der Waals surface area (Å²) in [6.07, 6.45) is 9.90. The number of rotatable bonds is 1. The lowest BCUT2D eigenvalue weighted by molar-refractivity contribution is -0.131. The lowest BCUT2D eigenvalue weighted by atomic mass is 9.65. The van der Waals surface area contributed by atoms with E-state index < -0.39 is 11.2 Å². The molecule has 0 radical (unpaired) electrons. The Bertz CT molecular complexity index is 434. The average Bonchev–Trinajstić information content (AvgIpc) is 2.29. The minimum atomic E-state index is -1.39. The molecule has 2 aliphatic carbocycles. The van der Waals surface area contributed by atoms with Gasteiger partial charge < -0.3 is 21.7 Å². The molecule has 18 heavy (non-hydrogen) atoms. The zero-order valence-corrected chi connectivity index (χ0v) is 10.7. The quantitative estimate of drug-likeness (QED) is 0.545. The molecule has 0 heterocycles. The van der Waals surface area contributed by atoms with Crippen LogP contribution in [0, 0.1) is 11.8 Å². The standard InChI is InChI=1S/C14H20N2O2/c1-9-7-11(15)3-5-13(9,17)14(18)6-4-12(16)8-10(14)2/h3-10,17-18H,15-16H2,1-2H3. The summed E-state index contributed by atoms with van der Waals surface area (Å²) in [5.41, 5.74) is 9.83. The van der Waals surface area contributed by atoms with Crippen LogP contribution >= 0.6 is 0 Å². The van der Waals surface area contributed by atoms with Crippen LogP contribution in [0.25, 0.3) is 0 Å². The van der Waals surface area contributed by atoms with Gasteiger partial charge in [0.25, 0.3) is 0 Å². The molecule has 0 aromatic heterocycles. The van der Waals surface area contributed by atoms with E-state index in [1.54, 1.807) is 36.5 Å². The Morgan fingerprint density at radius 3 is 1.50 bits per heavy atom. The third-order valence-electron chi connectivity index (χ3n) is 3.97. The van der Waals surface area contributed by atoms with Gasteiger partial charge in [0, 0.05) is 23.2 Å². The van der Waals surface area contributed by atoms with Crippen molar-refractivity contribution in [2.24, 2.45) is 23.3 Å². The molecule has 4 heteroatoms. The van der Waals surface area contributed by atoms with Gasteiger partial charge in [-0.05, 0) is 24.3 Å². The molecule has 0 saturated heterocycles. The predicted molar refractivity (Wildman–Crippen MR) is 71.0 cm³/mol. The lowest BCUT2D eigenvalue weighted by Crippen LogP contribution is -2.60. The van der Waals surface area contributed by atoms with E-state index in [-0.39, 0.29) is 11.8 Å². The maximum absolute atomic E-state index is 10.8. The highest BCUT2D eigenvalue weighted by atomic mass is 16.4. The topological polar surface area (TPSA) is 92.5 Å². The normalized spacial score (nSPS) is 43.6. The molecule has 0 aliphatic heterocycles. The van der Waals surface area contributed by atoms with Gasteiger partial charge in [0.2, 0.25) is 0 Å². The average molecular weight is 248 g/mol. The van der Waals surface area contributed by atoms with Crippen LogP contribution in [-0.2, 0) is 0 Å². The Morgan fingerprint density at radius 1 is 0.889 bits per heavy atom. The second-order valence-corrected chi connectivity index (χ2v) is 5.23. The number of hydrogen-bond donors (Lipinski definition) is 4. The Labute approximate surface area is 107 Å². The molecular formula is C14H20N2O2. The molecule has 4 nitrogen and oxygen atoms in total. The Morgan fingerprint density at radius 2 is 1.22 bits per heavy atom. The van der Waals surface area contributed by atoms with Crippen molar-refractivity contribution in [2.45, 2.75) is 25.0 Å². The van der Waals surface area contributed by atoms with Crippen LogP contribution < -0.4 is 11.5 Å². The molecule has 98 valence electrons. The summed E-state index contributed by atoms with van der Waals surface area (Å²) in [5, 5.41) is 21.7. The van der Waals surface area contributed by atoms with E-state index in [9.17, 15) is 10.2 Å². The van der Waals surface area contributed by atoms with Crippen molar-refractivity contribution in [3.8, 4) is 0 Å². The smallest absolute Gasteiger partial charge is 0.122 e. The van der Waals surface area contributed by atoms with Crippen molar-refractivity contribution in [1.82, 2.24) is 0 Å². The molecule has 0 saturated carbocycles. The Kier molecular flexibility index (Phi) is 2.87. The van der Waals surface area contributed by atoms with Crippen LogP contribution in [0.15, 0.2) is 47.9 Å². The van der Waals surface area contributed by atoms with E-state index in [1.165, 1.54) is 0 Å². The first-order chi connectivity index (χ1) is 8.29. The molecule has 0 aromatic rings. The fourth-order valence-corrected chi connectivity index (χ4v) is 2.69. The lowest BCUT2D eigenvalue weighted by Gasteiger charge is -2.48. The number of nitrogens with two attached hydrogens (primary N) is 2. The predicted octanol–water partition coefficient (Wildman–Crippen LogP) is 0.546. The number of hydrogen-bond acceptors (Lipinski definition) is 4. The van der Waals surface area contributed by atoms with Gasteiger partial charge in [-0.25, -0.2) is 0 Å². The van der Waals surface area contributed by atoms with Gasteiger partial charge in [-0.15, -0.1) is 0 Å². The van der Waals surface area contributed by atoms with Gasteiger partial charge in [0.1, 0.15) is 11.2 Å². The third kappa shape index (κ3) is 1.69. The van der Waals surface area contributed by atoms with E-state index >= 15 is 0 Å². The second kappa shape index (κ2) is 4.00. The van der Waals surface area contributed by atoms with Crippen LogP contribution in [0.5, 0.6) is 0 Å². The first-order valence-electron chi connectivity index (χ1n) is 6.07. The first-order valence-corrected chi connectivity index (χ1v) is 6.07. The monoisotopic (exact) mass is 248 g/mol. The van der Waals surface area contributed by atoms with Crippen molar-refractivity contribution in [2.75, 3.05) is 0 Å². The molecule has 0 spiro atoms. The molecule has 2 aliphatic rings. The Hall–Kier alpha value is -1.52. The molecule has 4 atom stereocenters. The van der Waals surface area contributed by atoms with Gasteiger partial charge in [-0.3, -0.25) is 0 Å². The van der Waals surface area contributed by atoms with Gasteiger partial charge in [0.15, 0.2) is 0 Å². The van der Waals surface area contributed by atoms with Gasteiger partial charge in [0.05, 0.1) is 0 Å². The van der Waals surface area contributed by atoms with Crippen LogP contribution in [0.2, 0.25) is 0 Å². The maximum atomic E-state index is 10.8. The molecule has 0 aromatic carbocycles. The maximum Gasteiger partial charge on any atom is 0.122 e. The summed E-state index contributed by atoms with van der Waals surface area (Å²) >= 11 is 0. The zero-order chi connectivity index (χ0) is 13.6. The van der Waals surface area contributed by atoms with Crippen LogP contribution in [0.1, 0.15) is 13.8 Å². The van der Waals surface area contributed by atoms with Gasteiger partial charge in [-0.2, -0.15) is 0 Å². The molecule has 4 unspecified atom stereocenters. The second-order valence-electron chi connectivity index (χ2n) is 5.23. The highest BCUT2D eigenvalue weighted by Crippen LogP contribution is 2.43.